The molecule has 2 aliphatic rings. The number of halogens is 1. The number of nitrogens with one attached hydrogen (secondary N) is 2. The highest BCUT2D eigenvalue weighted by molar-refractivity contribution is 7.13. The molecule has 0 saturated heterocycles. The van der Waals surface area contributed by atoms with Crippen molar-refractivity contribution in [3.05, 3.63) is 64.5 Å². The highest BCUT2D eigenvalue weighted by atomic mass is 32.1. The van der Waals surface area contributed by atoms with E-state index in [9.17, 15) is 14.3 Å². The fourth-order valence-corrected chi connectivity index (χ4v) is 6.43. The number of carbonyl (C=O) groups is 1. The van der Waals surface area contributed by atoms with Crippen LogP contribution in [0.1, 0.15) is 76.1 Å². The van der Waals surface area contributed by atoms with E-state index in [1.54, 1.807) is 6.20 Å². The van der Waals surface area contributed by atoms with Gasteiger partial charge < -0.3 is 20.5 Å². The van der Waals surface area contributed by atoms with Crippen LogP contribution in [-0.4, -0.2) is 45.3 Å². The number of pyridine rings is 1. The molecule has 40 heavy (non-hydrogen) atoms. The normalized spacial score (nSPS) is 19.3. The summed E-state index contributed by atoms with van der Waals surface area (Å²) >= 11 is 1.44. The van der Waals surface area contributed by atoms with Gasteiger partial charge in [0.2, 0.25) is 11.8 Å². The second kappa shape index (κ2) is 11.5. The molecule has 214 valence electrons. The Balaban J connectivity index is 1.33. The van der Waals surface area contributed by atoms with E-state index in [1.165, 1.54) is 30.4 Å². The van der Waals surface area contributed by atoms with Crippen LogP contribution < -0.4 is 15.4 Å². The van der Waals surface area contributed by atoms with Crippen molar-refractivity contribution in [3.8, 4) is 16.5 Å². The predicted molar refractivity (Wildman–Crippen MR) is 155 cm³/mol. The van der Waals surface area contributed by atoms with Gasteiger partial charge in [0.05, 0.1) is 12.1 Å². The minimum Gasteiger partial charge on any atom is -0.471 e. The Morgan fingerprint density at radius 3 is 2.67 bits per heavy atom. The molecule has 0 radical (unpaired) electrons. The molecule has 1 aliphatic carbocycles. The predicted octanol–water partition coefficient (Wildman–Crippen LogP) is 5.38. The summed E-state index contributed by atoms with van der Waals surface area (Å²) in [7, 11) is 0. The van der Waals surface area contributed by atoms with E-state index in [2.05, 4.69) is 42.5 Å². The molecule has 3 atom stereocenters. The van der Waals surface area contributed by atoms with Crippen molar-refractivity contribution in [2.24, 2.45) is 5.41 Å². The first-order valence-corrected chi connectivity index (χ1v) is 14.9. The number of carbonyl (C=O) groups excluding carboxylic acids is 1. The van der Waals surface area contributed by atoms with E-state index in [4.69, 9.17) is 9.72 Å². The summed E-state index contributed by atoms with van der Waals surface area (Å²) in [4.78, 5) is 21.1. The van der Waals surface area contributed by atoms with Crippen LogP contribution >= 0.6 is 11.3 Å². The SMILES string of the molecule is CC(=O)N[C@@H](Cc1cc(F)cc(-c2nccs2)c1)[C@@H](O)CN[C@H]1CC2(CCC2)Oc2ncc(CC(C)(C)C)cc21. The van der Waals surface area contributed by atoms with Crippen molar-refractivity contribution in [3.63, 3.8) is 0 Å². The summed E-state index contributed by atoms with van der Waals surface area (Å²) in [6.07, 6.45) is 7.81. The van der Waals surface area contributed by atoms with Gasteiger partial charge in [-0.05, 0) is 72.9 Å². The smallest absolute Gasteiger partial charge is 0.218 e. The second-order valence-corrected chi connectivity index (χ2v) is 13.4. The van der Waals surface area contributed by atoms with E-state index in [0.717, 1.165) is 48.2 Å². The fraction of sp³-hybridized carbons (Fsp3) is 0.516. The van der Waals surface area contributed by atoms with Crippen LogP contribution in [0.2, 0.25) is 0 Å². The Morgan fingerprint density at radius 2 is 2.02 bits per heavy atom. The molecular formula is C31H39FN4O3S. The monoisotopic (exact) mass is 566 g/mol. The average molecular weight is 567 g/mol. The number of fused-ring (bicyclic) bond motifs is 1. The number of nitrogens with zero attached hydrogens (tertiary/aromatic N) is 2. The number of benzene rings is 1. The first kappa shape index (κ1) is 28.6. The molecule has 1 spiro atoms. The summed E-state index contributed by atoms with van der Waals surface area (Å²) in [6, 6.07) is 6.32. The largest absolute Gasteiger partial charge is 0.471 e. The van der Waals surface area contributed by atoms with Crippen LogP contribution in [0, 0.1) is 11.2 Å². The zero-order valence-corrected chi connectivity index (χ0v) is 24.5. The van der Waals surface area contributed by atoms with Crippen molar-refractivity contribution in [2.45, 2.75) is 90.0 Å². The third kappa shape index (κ3) is 6.87. The number of aromatic nitrogens is 2. The van der Waals surface area contributed by atoms with Gasteiger partial charge in [-0.3, -0.25) is 4.79 Å². The third-order valence-corrected chi connectivity index (χ3v) is 8.54. The van der Waals surface area contributed by atoms with Gasteiger partial charge in [0.1, 0.15) is 16.4 Å². The van der Waals surface area contributed by atoms with E-state index in [0.29, 0.717) is 17.0 Å². The van der Waals surface area contributed by atoms with E-state index < -0.39 is 12.1 Å². The van der Waals surface area contributed by atoms with Crippen LogP contribution in [-0.2, 0) is 17.6 Å². The minimum atomic E-state index is -0.898. The Hall–Kier alpha value is -2.88. The molecule has 0 unspecified atom stereocenters. The van der Waals surface area contributed by atoms with Gasteiger partial charge in [-0.1, -0.05) is 20.8 Å². The molecule has 0 bridgehead atoms. The number of rotatable bonds is 9. The number of amides is 1. The first-order chi connectivity index (χ1) is 19.0. The van der Waals surface area contributed by atoms with Crippen LogP contribution in [0.15, 0.2) is 42.0 Å². The van der Waals surface area contributed by atoms with Gasteiger partial charge in [-0.15, -0.1) is 11.3 Å². The lowest BCUT2D eigenvalue weighted by molar-refractivity contribution is -0.120. The Labute approximate surface area is 239 Å². The van der Waals surface area contributed by atoms with Crippen molar-refractivity contribution in [2.75, 3.05) is 6.54 Å². The second-order valence-electron chi connectivity index (χ2n) is 12.5. The summed E-state index contributed by atoms with van der Waals surface area (Å²) in [5, 5.41) is 20.3. The number of aliphatic hydroxyl groups excluding tert-OH is 1. The zero-order valence-electron chi connectivity index (χ0n) is 23.7. The van der Waals surface area contributed by atoms with Crippen molar-refractivity contribution in [1.29, 1.82) is 0 Å². The molecule has 1 fully saturated rings. The maximum absolute atomic E-state index is 14.5. The molecule has 1 aromatic carbocycles. The fourth-order valence-electron chi connectivity index (χ4n) is 5.81. The third-order valence-electron chi connectivity index (χ3n) is 7.72. The zero-order chi connectivity index (χ0) is 28.5. The van der Waals surface area contributed by atoms with Gasteiger partial charge in [-0.2, -0.15) is 0 Å². The molecule has 7 nitrogen and oxygen atoms in total. The van der Waals surface area contributed by atoms with E-state index >= 15 is 0 Å². The molecule has 3 N–H and O–H groups in total. The summed E-state index contributed by atoms with van der Waals surface area (Å²) in [6.45, 7) is 8.30. The van der Waals surface area contributed by atoms with Crippen molar-refractivity contribution in [1.82, 2.24) is 20.6 Å². The lowest BCUT2D eigenvalue weighted by atomic mass is 9.73. The maximum atomic E-state index is 14.5. The number of aliphatic hydroxyl groups is 1. The van der Waals surface area contributed by atoms with E-state index in [1.807, 2.05) is 17.6 Å². The van der Waals surface area contributed by atoms with Gasteiger partial charge in [0.15, 0.2) is 0 Å². The molecule has 9 heteroatoms. The van der Waals surface area contributed by atoms with Gasteiger partial charge >= 0.3 is 0 Å². The summed E-state index contributed by atoms with van der Waals surface area (Å²) < 4.78 is 20.9. The van der Waals surface area contributed by atoms with Crippen LogP contribution in [0.4, 0.5) is 4.39 Å². The first-order valence-electron chi connectivity index (χ1n) is 14.0. The standard InChI is InChI=1S/C31H39FN4O3S/c1-19(37)36-25(13-20-10-22(14-23(32)11-20)29-33-8-9-40-29)27(38)18-34-26-16-31(6-5-7-31)39-28-24(26)12-21(17-35-28)15-30(2,3)4/h8-12,14,17,25-27,34,38H,5-7,13,15-16,18H2,1-4H3,(H,36,37)/t25-,26-,27-/m0/s1. The molecule has 3 heterocycles. The molecule has 1 aliphatic heterocycles. The van der Waals surface area contributed by atoms with Crippen molar-refractivity contribution < 1.29 is 19.0 Å². The summed E-state index contributed by atoms with van der Waals surface area (Å²) in [5.74, 6) is 0.0463. The molecule has 3 aromatic rings. The average Bonchev–Trinajstić information content (AvgIpc) is 3.39. The minimum absolute atomic E-state index is 0.0326. The topological polar surface area (TPSA) is 96.4 Å². The van der Waals surface area contributed by atoms with Crippen molar-refractivity contribution >= 4 is 17.2 Å². The van der Waals surface area contributed by atoms with E-state index in [-0.39, 0.29) is 41.7 Å². The van der Waals surface area contributed by atoms with Gasteiger partial charge in [0, 0.05) is 54.8 Å². The molecule has 5 rings (SSSR count). The molecule has 2 aromatic heterocycles. The lowest BCUT2D eigenvalue weighted by Crippen LogP contribution is -2.52. The van der Waals surface area contributed by atoms with Crippen LogP contribution in [0.3, 0.4) is 0 Å². The molecule has 1 saturated carbocycles. The number of ether oxygens (including phenoxy) is 1. The number of hydrogen-bond donors (Lipinski definition) is 3. The highest BCUT2D eigenvalue weighted by Crippen LogP contribution is 2.48. The Morgan fingerprint density at radius 1 is 1.23 bits per heavy atom. The van der Waals surface area contributed by atoms with Crippen LogP contribution in [0.5, 0.6) is 5.88 Å². The van der Waals surface area contributed by atoms with Crippen LogP contribution in [0.25, 0.3) is 10.6 Å². The number of hydrogen-bond acceptors (Lipinski definition) is 7. The molecule has 1 amide bonds. The quantitative estimate of drug-likeness (QED) is 0.322. The van der Waals surface area contributed by atoms with Gasteiger partial charge in [-0.25, -0.2) is 14.4 Å². The Bertz CT molecular complexity index is 1340. The highest BCUT2D eigenvalue weighted by Gasteiger charge is 2.46. The molecular weight excluding hydrogens is 527 g/mol. The maximum Gasteiger partial charge on any atom is 0.218 e. The lowest BCUT2D eigenvalue weighted by Gasteiger charge is -2.47. The Kier molecular flexibility index (Phi) is 8.27. The van der Waals surface area contributed by atoms with Gasteiger partial charge in [0.25, 0.3) is 0 Å². The summed E-state index contributed by atoms with van der Waals surface area (Å²) in [5.41, 5.74) is 3.46. The number of thiazole rings is 1.